The Labute approximate surface area is 154 Å². The van der Waals surface area contributed by atoms with Gasteiger partial charge in [0.25, 0.3) is 5.56 Å². The highest BCUT2D eigenvalue weighted by atomic mass is 16.2. The number of fused-ring (bicyclic) bond motifs is 1. The molecular formula is C16H21N9O2. The monoisotopic (exact) mass is 371 g/mol. The van der Waals surface area contributed by atoms with Crippen LogP contribution < -0.4 is 21.9 Å². The Bertz CT molecular complexity index is 1120. The van der Waals surface area contributed by atoms with Gasteiger partial charge >= 0.3 is 5.69 Å². The lowest BCUT2D eigenvalue weighted by Gasteiger charge is -2.26. The molecule has 142 valence electrons. The number of nitrogens with two attached hydrogens (primary N) is 1. The van der Waals surface area contributed by atoms with Gasteiger partial charge in [0.2, 0.25) is 11.9 Å². The molecule has 3 aromatic rings. The average molecular weight is 371 g/mol. The van der Waals surface area contributed by atoms with Crippen LogP contribution in [0, 0.1) is 0 Å². The predicted molar refractivity (Wildman–Crippen MR) is 99.6 cm³/mol. The van der Waals surface area contributed by atoms with Crippen molar-refractivity contribution in [3.63, 3.8) is 0 Å². The third-order valence-electron chi connectivity index (χ3n) is 4.86. The van der Waals surface area contributed by atoms with Gasteiger partial charge in [-0.1, -0.05) is 0 Å². The second-order valence-corrected chi connectivity index (χ2v) is 6.71. The fourth-order valence-electron chi connectivity index (χ4n) is 3.40. The first-order chi connectivity index (χ1) is 13.0. The van der Waals surface area contributed by atoms with Crippen LogP contribution in [0.15, 0.2) is 15.9 Å². The third kappa shape index (κ3) is 2.94. The summed E-state index contributed by atoms with van der Waals surface area (Å²) in [7, 11) is 3.02. The van der Waals surface area contributed by atoms with Crippen molar-refractivity contribution < 1.29 is 0 Å². The van der Waals surface area contributed by atoms with Gasteiger partial charge in [0, 0.05) is 27.2 Å². The van der Waals surface area contributed by atoms with Gasteiger partial charge < -0.3 is 15.2 Å². The van der Waals surface area contributed by atoms with E-state index in [0.717, 1.165) is 30.5 Å². The highest BCUT2D eigenvalue weighted by Gasteiger charge is 2.18. The zero-order chi connectivity index (χ0) is 19.1. The number of nitrogen functional groups attached to an aromatic ring is 1. The van der Waals surface area contributed by atoms with Crippen LogP contribution in [0.2, 0.25) is 0 Å². The molecule has 4 heterocycles. The Balaban J connectivity index is 1.76. The van der Waals surface area contributed by atoms with Crippen molar-refractivity contribution in [2.75, 3.05) is 23.7 Å². The predicted octanol–water partition coefficient (Wildman–Crippen LogP) is -0.760. The van der Waals surface area contributed by atoms with Crippen LogP contribution in [-0.4, -0.2) is 46.7 Å². The lowest BCUT2D eigenvalue weighted by Crippen LogP contribution is -2.37. The summed E-state index contributed by atoms with van der Waals surface area (Å²) in [5.41, 5.74) is 5.68. The third-order valence-corrected chi connectivity index (χ3v) is 4.86. The number of hydrogen-bond donors (Lipinski definition) is 1. The minimum absolute atomic E-state index is 0.144. The zero-order valence-electron chi connectivity index (χ0n) is 15.3. The summed E-state index contributed by atoms with van der Waals surface area (Å²) in [5, 5.41) is 0. The van der Waals surface area contributed by atoms with Gasteiger partial charge in [-0.25, -0.2) is 9.78 Å². The fourth-order valence-corrected chi connectivity index (χ4v) is 3.40. The van der Waals surface area contributed by atoms with Crippen LogP contribution in [0.3, 0.4) is 0 Å². The van der Waals surface area contributed by atoms with Crippen LogP contribution in [0.5, 0.6) is 0 Å². The molecule has 0 aliphatic carbocycles. The van der Waals surface area contributed by atoms with Crippen LogP contribution in [0.1, 0.15) is 25.1 Å². The molecule has 0 unspecified atom stereocenters. The molecule has 1 saturated heterocycles. The van der Waals surface area contributed by atoms with Gasteiger partial charge in [0.1, 0.15) is 0 Å². The molecule has 0 radical (unpaired) electrons. The maximum absolute atomic E-state index is 12.6. The summed E-state index contributed by atoms with van der Waals surface area (Å²) < 4.78 is 4.03. The van der Waals surface area contributed by atoms with E-state index in [-0.39, 0.29) is 12.5 Å². The van der Waals surface area contributed by atoms with Gasteiger partial charge in [-0.3, -0.25) is 13.9 Å². The maximum atomic E-state index is 12.6. The molecule has 0 aromatic carbocycles. The normalized spacial score (nSPS) is 14.8. The van der Waals surface area contributed by atoms with Gasteiger partial charge in [0.05, 0.1) is 12.9 Å². The van der Waals surface area contributed by atoms with Gasteiger partial charge in [0.15, 0.2) is 17.0 Å². The Kier molecular flexibility index (Phi) is 4.13. The van der Waals surface area contributed by atoms with Crippen molar-refractivity contribution in [3.05, 3.63) is 33.0 Å². The number of anilines is 2. The summed E-state index contributed by atoms with van der Waals surface area (Å²) in [4.78, 5) is 43.9. The molecule has 4 rings (SSSR count). The second kappa shape index (κ2) is 6.49. The van der Waals surface area contributed by atoms with Crippen LogP contribution in [0.4, 0.5) is 11.9 Å². The number of aryl methyl sites for hydroxylation is 1. The highest BCUT2D eigenvalue weighted by molar-refractivity contribution is 5.70. The quantitative estimate of drug-likeness (QED) is 0.636. The molecule has 0 bridgehead atoms. The number of piperidine rings is 1. The largest absolute Gasteiger partial charge is 0.368 e. The first-order valence-electron chi connectivity index (χ1n) is 8.82. The molecule has 3 aromatic heterocycles. The van der Waals surface area contributed by atoms with Crippen molar-refractivity contribution in [1.82, 2.24) is 33.6 Å². The molecule has 11 heteroatoms. The summed E-state index contributed by atoms with van der Waals surface area (Å²) in [6, 6.07) is 0. The van der Waals surface area contributed by atoms with Crippen molar-refractivity contribution in [1.29, 1.82) is 0 Å². The SMILES string of the molecule is Cn1c(=O)c2c(ncn2Cc2nc(N)nc(N3CCCCC3)n2)n(C)c1=O. The lowest BCUT2D eigenvalue weighted by molar-refractivity contribution is 0.565. The number of nitrogens with zero attached hydrogens (tertiary/aromatic N) is 8. The van der Waals surface area contributed by atoms with Crippen molar-refractivity contribution in [3.8, 4) is 0 Å². The Morgan fingerprint density at radius 1 is 1.04 bits per heavy atom. The van der Waals surface area contributed by atoms with Gasteiger partial charge in [-0.2, -0.15) is 15.0 Å². The van der Waals surface area contributed by atoms with Gasteiger partial charge in [-0.05, 0) is 19.3 Å². The number of hydrogen-bond acceptors (Lipinski definition) is 8. The van der Waals surface area contributed by atoms with E-state index >= 15 is 0 Å². The molecule has 0 amide bonds. The smallest absolute Gasteiger partial charge is 0.332 e. The van der Waals surface area contributed by atoms with E-state index in [4.69, 9.17) is 5.73 Å². The standard InChI is InChI=1S/C16H21N9O2/c1-22-12-11(13(26)23(2)16(22)27)25(9-18-12)8-10-19-14(17)21-15(20-10)24-6-4-3-5-7-24/h9H,3-8H2,1-2H3,(H2,17,19,20,21). The minimum atomic E-state index is -0.422. The van der Waals surface area contributed by atoms with E-state index < -0.39 is 11.2 Å². The summed E-state index contributed by atoms with van der Waals surface area (Å²) >= 11 is 0. The Morgan fingerprint density at radius 3 is 2.52 bits per heavy atom. The molecule has 1 aliphatic rings. The van der Waals surface area contributed by atoms with E-state index in [1.54, 1.807) is 11.6 Å². The molecule has 0 spiro atoms. The molecule has 1 aliphatic heterocycles. The van der Waals surface area contributed by atoms with Crippen LogP contribution in [0.25, 0.3) is 11.2 Å². The van der Waals surface area contributed by atoms with Crippen LogP contribution in [-0.2, 0) is 20.6 Å². The first-order valence-corrected chi connectivity index (χ1v) is 8.82. The van der Waals surface area contributed by atoms with Crippen molar-refractivity contribution >= 4 is 23.1 Å². The molecule has 11 nitrogen and oxygen atoms in total. The summed E-state index contributed by atoms with van der Waals surface area (Å²) in [5.74, 6) is 1.14. The molecule has 0 saturated carbocycles. The zero-order valence-corrected chi connectivity index (χ0v) is 15.3. The number of aromatic nitrogens is 7. The van der Waals surface area contributed by atoms with E-state index in [1.807, 2.05) is 0 Å². The second-order valence-electron chi connectivity index (χ2n) is 6.71. The van der Waals surface area contributed by atoms with E-state index in [9.17, 15) is 9.59 Å². The first kappa shape index (κ1) is 17.2. The van der Waals surface area contributed by atoms with Crippen LogP contribution >= 0.6 is 0 Å². The minimum Gasteiger partial charge on any atom is -0.368 e. The van der Waals surface area contributed by atoms with Gasteiger partial charge in [-0.15, -0.1) is 0 Å². The van der Waals surface area contributed by atoms with E-state index in [2.05, 4.69) is 24.8 Å². The van der Waals surface area contributed by atoms with Crippen molar-refractivity contribution in [2.45, 2.75) is 25.8 Å². The molecule has 2 N–H and O–H groups in total. The fraction of sp³-hybridized carbons (Fsp3) is 0.500. The summed E-state index contributed by atoms with van der Waals surface area (Å²) in [6.45, 7) is 1.98. The maximum Gasteiger partial charge on any atom is 0.332 e. The van der Waals surface area contributed by atoms with E-state index in [1.165, 1.54) is 24.4 Å². The lowest BCUT2D eigenvalue weighted by atomic mass is 10.1. The molecule has 0 atom stereocenters. The Morgan fingerprint density at radius 2 is 1.78 bits per heavy atom. The topological polar surface area (TPSA) is 130 Å². The molecule has 27 heavy (non-hydrogen) atoms. The van der Waals surface area contributed by atoms with E-state index in [0.29, 0.717) is 22.9 Å². The molecule has 1 fully saturated rings. The highest BCUT2D eigenvalue weighted by Crippen LogP contribution is 2.17. The number of rotatable bonds is 3. The Hall–Kier alpha value is -3.24. The average Bonchev–Trinajstić information content (AvgIpc) is 3.08. The number of imidazole rings is 1. The molecular weight excluding hydrogens is 350 g/mol. The van der Waals surface area contributed by atoms with Crippen molar-refractivity contribution in [2.24, 2.45) is 14.1 Å². The summed E-state index contributed by atoms with van der Waals surface area (Å²) in [6.07, 6.45) is 4.90.